The van der Waals surface area contributed by atoms with Gasteiger partial charge in [-0.25, -0.2) is 4.79 Å². The van der Waals surface area contributed by atoms with Gasteiger partial charge in [0.25, 0.3) is 0 Å². The molecule has 1 aliphatic carbocycles. The Morgan fingerprint density at radius 1 is 1.31 bits per heavy atom. The molecule has 4 heteroatoms. The van der Waals surface area contributed by atoms with Crippen LogP contribution >= 0.6 is 0 Å². The van der Waals surface area contributed by atoms with Crippen molar-refractivity contribution in [3.63, 3.8) is 0 Å². The zero-order chi connectivity index (χ0) is 11.8. The maximum absolute atomic E-state index is 11.8. The second-order valence-electron chi connectivity index (χ2n) is 4.66. The van der Waals surface area contributed by atoms with Gasteiger partial charge in [-0.15, -0.1) is 0 Å². The lowest BCUT2D eigenvalue weighted by atomic mass is 9.96. The molecule has 4 nitrogen and oxygen atoms in total. The number of nitrogens with one attached hydrogen (secondary N) is 2. The number of rotatable bonds is 5. The molecule has 2 amide bonds. The lowest BCUT2D eigenvalue weighted by Gasteiger charge is -2.26. The number of urea groups is 1. The van der Waals surface area contributed by atoms with Crippen molar-refractivity contribution in [2.75, 3.05) is 27.2 Å². The summed E-state index contributed by atoms with van der Waals surface area (Å²) in [7, 11) is 3.80. The van der Waals surface area contributed by atoms with Crippen molar-refractivity contribution in [3.05, 3.63) is 0 Å². The van der Waals surface area contributed by atoms with Crippen molar-refractivity contribution in [1.82, 2.24) is 15.5 Å². The van der Waals surface area contributed by atoms with Gasteiger partial charge in [0.1, 0.15) is 0 Å². The highest BCUT2D eigenvalue weighted by molar-refractivity contribution is 5.74. The van der Waals surface area contributed by atoms with Crippen molar-refractivity contribution < 1.29 is 4.79 Å². The van der Waals surface area contributed by atoms with E-state index in [1.807, 2.05) is 14.1 Å². The number of carbonyl (C=O) groups excluding carboxylic acids is 1. The molecule has 0 aliphatic heterocycles. The molecular formula is C12H25N3O. The van der Waals surface area contributed by atoms with Gasteiger partial charge in [-0.2, -0.15) is 0 Å². The van der Waals surface area contributed by atoms with Crippen LogP contribution in [-0.4, -0.2) is 44.2 Å². The number of carbonyl (C=O) groups is 1. The number of hydrogen-bond acceptors (Lipinski definition) is 2. The Labute approximate surface area is 98.8 Å². The van der Waals surface area contributed by atoms with Crippen molar-refractivity contribution in [2.24, 2.45) is 0 Å². The van der Waals surface area contributed by atoms with E-state index in [-0.39, 0.29) is 6.03 Å². The molecule has 94 valence electrons. The average molecular weight is 227 g/mol. The van der Waals surface area contributed by atoms with Gasteiger partial charge in [-0.3, -0.25) is 0 Å². The Hall–Kier alpha value is -0.770. The van der Waals surface area contributed by atoms with Gasteiger partial charge in [-0.1, -0.05) is 19.3 Å². The summed E-state index contributed by atoms with van der Waals surface area (Å²) in [5.74, 6) is 0. The molecule has 0 atom stereocenters. The predicted molar refractivity (Wildman–Crippen MR) is 66.6 cm³/mol. The summed E-state index contributed by atoms with van der Waals surface area (Å²) in [4.78, 5) is 13.6. The Kier molecular flexibility index (Phi) is 6.23. The number of hydrogen-bond donors (Lipinski definition) is 2. The van der Waals surface area contributed by atoms with Crippen LogP contribution in [0.3, 0.4) is 0 Å². The fraction of sp³-hybridized carbons (Fsp3) is 0.917. The molecule has 0 spiro atoms. The Balaban J connectivity index is 2.16. The monoisotopic (exact) mass is 227 g/mol. The van der Waals surface area contributed by atoms with E-state index in [1.165, 1.54) is 19.3 Å². The molecule has 0 heterocycles. The van der Waals surface area contributed by atoms with Crippen molar-refractivity contribution in [1.29, 1.82) is 0 Å². The van der Waals surface area contributed by atoms with Gasteiger partial charge in [0.15, 0.2) is 0 Å². The zero-order valence-corrected chi connectivity index (χ0v) is 10.6. The van der Waals surface area contributed by atoms with Gasteiger partial charge in [0.05, 0.1) is 0 Å². The summed E-state index contributed by atoms with van der Waals surface area (Å²) >= 11 is 0. The summed E-state index contributed by atoms with van der Waals surface area (Å²) in [5, 5.41) is 6.20. The summed E-state index contributed by atoms with van der Waals surface area (Å²) in [6.45, 7) is 1.78. The van der Waals surface area contributed by atoms with Crippen LogP contribution in [0.2, 0.25) is 0 Å². The van der Waals surface area contributed by atoms with Crippen LogP contribution in [0.1, 0.15) is 38.5 Å². The Bertz CT molecular complexity index is 202. The van der Waals surface area contributed by atoms with Crippen LogP contribution in [-0.2, 0) is 0 Å². The first-order chi connectivity index (χ1) is 7.74. The molecule has 0 radical (unpaired) electrons. The maximum Gasteiger partial charge on any atom is 0.317 e. The first-order valence-corrected chi connectivity index (χ1v) is 6.40. The topological polar surface area (TPSA) is 44.4 Å². The second-order valence-corrected chi connectivity index (χ2v) is 4.66. The average Bonchev–Trinajstić information content (AvgIpc) is 2.30. The molecule has 0 unspecified atom stereocenters. The summed E-state index contributed by atoms with van der Waals surface area (Å²) in [6.07, 6.45) is 7.14. The predicted octanol–water partition coefficient (Wildman–Crippen LogP) is 1.57. The first kappa shape index (κ1) is 13.3. The summed E-state index contributed by atoms with van der Waals surface area (Å²) in [6, 6.07) is 0.496. The van der Waals surface area contributed by atoms with Gasteiger partial charge in [0.2, 0.25) is 0 Å². The van der Waals surface area contributed by atoms with Crippen LogP contribution in [0.4, 0.5) is 4.79 Å². The van der Waals surface area contributed by atoms with Crippen LogP contribution in [0.15, 0.2) is 0 Å². The fourth-order valence-corrected chi connectivity index (χ4v) is 2.13. The minimum Gasteiger partial charge on any atom is -0.335 e. The zero-order valence-electron chi connectivity index (χ0n) is 10.6. The first-order valence-electron chi connectivity index (χ1n) is 6.40. The minimum atomic E-state index is 0.0861. The number of amides is 2. The molecule has 0 bridgehead atoms. The quantitative estimate of drug-likeness (QED) is 0.700. The van der Waals surface area contributed by atoms with Crippen molar-refractivity contribution in [2.45, 2.75) is 44.6 Å². The van der Waals surface area contributed by atoms with Crippen molar-refractivity contribution in [3.8, 4) is 0 Å². The normalized spacial score (nSPS) is 17.1. The lowest BCUT2D eigenvalue weighted by molar-refractivity contribution is 0.200. The third-order valence-corrected chi connectivity index (χ3v) is 3.20. The minimum absolute atomic E-state index is 0.0861. The lowest BCUT2D eigenvalue weighted by Crippen LogP contribution is -2.44. The van der Waals surface area contributed by atoms with Gasteiger partial charge in [0, 0.05) is 19.6 Å². The van der Waals surface area contributed by atoms with Crippen LogP contribution in [0, 0.1) is 0 Å². The van der Waals surface area contributed by atoms with Crippen LogP contribution < -0.4 is 10.6 Å². The van der Waals surface area contributed by atoms with Crippen LogP contribution in [0.5, 0.6) is 0 Å². The van der Waals surface area contributed by atoms with E-state index < -0.39 is 0 Å². The highest BCUT2D eigenvalue weighted by Crippen LogP contribution is 2.17. The molecule has 1 rings (SSSR count). The van der Waals surface area contributed by atoms with E-state index in [2.05, 4.69) is 10.6 Å². The van der Waals surface area contributed by atoms with Gasteiger partial charge in [-0.05, 0) is 32.9 Å². The summed E-state index contributed by atoms with van der Waals surface area (Å²) in [5.41, 5.74) is 0. The molecule has 0 aromatic rings. The SMILES string of the molecule is CNCCCN(C)C(=O)NC1CCCCC1. The smallest absolute Gasteiger partial charge is 0.317 e. The third kappa shape index (κ3) is 4.84. The Morgan fingerprint density at radius 2 is 2.00 bits per heavy atom. The molecule has 2 N–H and O–H groups in total. The Morgan fingerprint density at radius 3 is 2.62 bits per heavy atom. The molecule has 1 saturated carbocycles. The van der Waals surface area contributed by atoms with Crippen molar-refractivity contribution >= 4 is 6.03 Å². The van der Waals surface area contributed by atoms with E-state index >= 15 is 0 Å². The molecule has 0 aromatic heterocycles. The van der Waals surface area contributed by atoms with E-state index in [1.54, 1.807) is 4.90 Å². The molecule has 1 fully saturated rings. The van der Waals surface area contributed by atoms with Gasteiger partial charge >= 0.3 is 6.03 Å². The van der Waals surface area contributed by atoms with E-state index in [4.69, 9.17) is 0 Å². The maximum atomic E-state index is 11.8. The van der Waals surface area contributed by atoms with E-state index in [0.717, 1.165) is 32.4 Å². The molecule has 0 saturated heterocycles. The molecular weight excluding hydrogens is 202 g/mol. The highest BCUT2D eigenvalue weighted by atomic mass is 16.2. The van der Waals surface area contributed by atoms with E-state index in [0.29, 0.717) is 6.04 Å². The molecule has 1 aliphatic rings. The summed E-state index contributed by atoms with van der Waals surface area (Å²) < 4.78 is 0. The van der Waals surface area contributed by atoms with E-state index in [9.17, 15) is 4.79 Å². The van der Waals surface area contributed by atoms with Crippen LogP contribution in [0.25, 0.3) is 0 Å². The van der Waals surface area contributed by atoms with Gasteiger partial charge < -0.3 is 15.5 Å². The largest absolute Gasteiger partial charge is 0.335 e. The molecule has 0 aromatic carbocycles. The third-order valence-electron chi connectivity index (χ3n) is 3.20. The highest BCUT2D eigenvalue weighted by Gasteiger charge is 2.17. The number of nitrogens with zero attached hydrogens (tertiary/aromatic N) is 1. The standard InChI is InChI=1S/C12H25N3O/c1-13-9-6-10-15(2)12(16)14-11-7-4-3-5-8-11/h11,13H,3-10H2,1-2H3,(H,14,16). The second kappa shape index (κ2) is 7.49. The fourth-order valence-electron chi connectivity index (χ4n) is 2.13. The molecule has 16 heavy (non-hydrogen) atoms.